The van der Waals surface area contributed by atoms with Gasteiger partial charge in [-0.3, -0.25) is 9.48 Å². The summed E-state index contributed by atoms with van der Waals surface area (Å²) in [6.07, 6.45) is 3.37. The molecule has 2 rings (SSSR count). The Kier molecular flexibility index (Phi) is 4.34. The lowest BCUT2D eigenvalue weighted by Crippen LogP contribution is -2.31. The van der Waals surface area contributed by atoms with Crippen LogP contribution in [0.3, 0.4) is 0 Å². The van der Waals surface area contributed by atoms with Crippen LogP contribution in [0.2, 0.25) is 0 Å². The average Bonchev–Trinajstić information content (AvgIpc) is 2.94. The Balaban J connectivity index is 2.10. The smallest absolute Gasteiger partial charge is 0.228 e. The molecule has 6 heteroatoms. The fourth-order valence-electron chi connectivity index (χ4n) is 2.06. The fourth-order valence-corrected chi connectivity index (χ4v) is 2.06. The number of amides is 1. The molecule has 1 N–H and O–H groups in total. The van der Waals surface area contributed by atoms with Crippen LogP contribution in [-0.4, -0.2) is 32.3 Å². The van der Waals surface area contributed by atoms with Gasteiger partial charge in [-0.2, -0.15) is 5.10 Å². The van der Waals surface area contributed by atoms with Crippen molar-refractivity contribution in [2.45, 2.75) is 26.8 Å². The van der Waals surface area contributed by atoms with Crippen molar-refractivity contribution in [1.29, 1.82) is 0 Å². The number of phenolic OH excluding ortho intramolecular Hbond substituents is 1. The highest BCUT2D eigenvalue weighted by Gasteiger charge is 2.16. The van der Waals surface area contributed by atoms with Crippen molar-refractivity contribution in [1.82, 2.24) is 14.8 Å². The van der Waals surface area contributed by atoms with Gasteiger partial charge in [-0.25, -0.2) is 4.98 Å². The van der Waals surface area contributed by atoms with Crippen LogP contribution < -0.4 is 4.90 Å². The summed E-state index contributed by atoms with van der Waals surface area (Å²) < 4.78 is 1.63. The summed E-state index contributed by atoms with van der Waals surface area (Å²) in [5.74, 6) is 0.157. The molecule has 0 atom stereocenters. The maximum atomic E-state index is 12.3. The highest BCUT2D eigenvalue weighted by Crippen LogP contribution is 2.25. The van der Waals surface area contributed by atoms with E-state index in [0.29, 0.717) is 19.5 Å². The first-order valence-electron chi connectivity index (χ1n) is 6.54. The number of nitrogens with zero attached hydrogens (tertiary/aromatic N) is 4. The van der Waals surface area contributed by atoms with Crippen molar-refractivity contribution >= 4 is 11.6 Å². The second-order valence-electron chi connectivity index (χ2n) is 4.52. The molecule has 1 aromatic carbocycles. The molecular formula is C14H18N4O2. The van der Waals surface area contributed by atoms with Crippen molar-refractivity contribution in [2.24, 2.45) is 0 Å². The molecule has 1 amide bonds. The number of aromatic nitrogens is 3. The van der Waals surface area contributed by atoms with Crippen LogP contribution in [-0.2, 0) is 11.3 Å². The van der Waals surface area contributed by atoms with Gasteiger partial charge in [-0.15, -0.1) is 0 Å². The summed E-state index contributed by atoms with van der Waals surface area (Å²) in [6.45, 7) is 4.88. The van der Waals surface area contributed by atoms with E-state index in [1.165, 1.54) is 6.33 Å². The van der Waals surface area contributed by atoms with Gasteiger partial charge in [0.05, 0.1) is 12.2 Å². The summed E-state index contributed by atoms with van der Waals surface area (Å²) in [7, 11) is 0. The predicted molar refractivity (Wildman–Crippen MR) is 75.5 cm³/mol. The van der Waals surface area contributed by atoms with Crippen molar-refractivity contribution in [3.05, 3.63) is 36.4 Å². The number of carbonyl (C=O) groups is 1. The Hall–Kier alpha value is -2.37. The lowest BCUT2D eigenvalue weighted by molar-refractivity contribution is -0.118. The third-order valence-electron chi connectivity index (χ3n) is 3.12. The van der Waals surface area contributed by atoms with Gasteiger partial charge < -0.3 is 10.0 Å². The topological polar surface area (TPSA) is 71.2 Å². The highest BCUT2D eigenvalue weighted by atomic mass is 16.3. The number of hydrogen-bond acceptors (Lipinski definition) is 4. The molecule has 0 unspecified atom stereocenters. The summed E-state index contributed by atoms with van der Waals surface area (Å²) in [4.78, 5) is 17.8. The van der Waals surface area contributed by atoms with Gasteiger partial charge in [0.2, 0.25) is 5.91 Å². The molecule has 20 heavy (non-hydrogen) atoms. The second kappa shape index (κ2) is 6.18. The third-order valence-corrected chi connectivity index (χ3v) is 3.12. The number of rotatable bonds is 5. The first-order chi connectivity index (χ1) is 9.61. The number of benzene rings is 1. The molecule has 1 aromatic heterocycles. The van der Waals surface area contributed by atoms with Gasteiger partial charge in [0.25, 0.3) is 0 Å². The van der Waals surface area contributed by atoms with Crippen LogP contribution in [0.5, 0.6) is 5.75 Å². The van der Waals surface area contributed by atoms with Crippen molar-refractivity contribution in [3.63, 3.8) is 0 Å². The molecular weight excluding hydrogens is 256 g/mol. The zero-order valence-electron chi connectivity index (χ0n) is 11.7. The number of carbonyl (C=O) groups excluding carboxylic acids is 1. The Morgan fingerprint density at radius 3 is 2.90 bits per heavy atom. The maximum Gasteiger partial charge on any atom is 0.228 e. The Morgan fingerprint density at radius 2 is 2.25 bits per heavy atom. The van der Waals surface area contributed by atoms with Gasteiger partial charge in [-0.05, 0) is 25.5 Å². The van der Waals surface area contributed by atoms with Gasteiger partial charge in [0.15, 0.2) is 0 Å². The van der Waals surface area contributed by atoms with Gasteiger partial charge >= 0.3 is 0 Å². The van der Waals surface area contributed by atoms with Crippen LogP contribution in [0, 0.1) is 6.92 Å². The van der Waals surface area contributed by atoms with E-state index in [1.54, 1.807) is 34.1 Å². The zero-order valence-corrected chi connectivity index (χ0v) is 11.7. The SMILES string of the molecule is CCN(C(=O)CCn1cncn1)c1cc(O)ccc1C. The van der Waals surface area contributed by atoms with E-state index in [4.69, 9.17) is 0 Å². The molecule has 6 nitrogen and oxygen atoms in total. The molecule has 1 heterocycles. The molecule has 0 saturated heterocycles. The number of aryl methyl sites for hydroxylation is 2. The minimum atomic E-state index is -0.00306. The van der Waals surface area contributed by atoms with Crippen LogP contribution in [0.15, 0.2) is 30.9 Å². The standard InChI is InChI=1S/C14H18N4O2/c1-3-18(13-8-12(19)5-4-11(13)2)14(20)6-7-17-10-15-9-16-17/h4-5,8-10,19H,3,6-7H2,1-2H3. The van der Waals surface area contributed by atoms with Crippen molar-refractivity contribution in [2.75, 3.05) is 11.4 Å². The van der Waals surface area contributed by atoms with Crippen LogP contribution in [0.4, 0.5) is 5.69 Å². The molecule has 0 saturated carbocycles. The Bertz CT molecular complexity index is 581. The molecule has 0 aliphatic heterocycles. The van der Waals surface area contributed by atoms with Crippen LogP contribution in [0.1, 0.15) is 18.9 Å². The third kappa shape index (κ3) is 3.14. The van der Waals surface area contributed by atoms with Crippen molar-refractivity contribution < 1.29 is 9.90 Å². The van der Waals surface area contributed by atoms with Gasteiger partial charge in [0, 0.05) is 19.0 Å². The highest BCUT2D eigenvalue weighted by molar-refractivity contribution is 5.94. The molecule has 0 bridgehead atoms. The minimum absolute atomic E-state index is 0.00306. The lowest BCUT2D eigenvalue weighted by atomic mass is 10.1. The monoisotopic (exact) mass is 274 g/mol. The van der Waals surface area contributed by atoms with E-state index < -0.39 is 0 Å². The molecule has 2 aromatic rings. The summed E-state index contributed by atoms with van der Waals surface area (Å²) >= 11 is 0. The Labute approximate surface area is 117 Å². The van der Waals surface area contributed by atoms with E-state index in [9.17, 15) is 9.90 Å². The number of phenols is 1. The predicted octanol–water partition coefficient (Wildman–Crippen LogP) is 1.74. The normalized spacial score (nSPS) is 10.5. The molecule has 0 radical (unpaired) electrons. The lowest BCUT2D eigenvalue weighted by Gasteiger charge is -2.23. The second-order valence-corrected chi connectivity index (χ2v) is 4.52. The van der Waals surface area contributed by atoms with Gasteiger partial charge in [0.1, 0.15) is 18.4 Å². The van der Waals surface area contributed by atoms with E-state index in [2.05, 4.69) is 10.1 Å². The Morgan fingerprint density at radius 1 is 1.45 bits per heavy atom. The zero-order chi connectivity index (χ0) is 14.5. The minimum Gasteiger partial charge on any atom is -0.508 e. The molecule has 0 fully saturated rings. The van der Waals surface area contributed by atoms with E-state index in [1.807, 2.05) is 13.8 Å². The number of hydrogen-bond donors (Lipinski definition) is 1. The first kappa shape index (κ1) is 14.0. The maximum absolute atomic E-state index is 12.3. The van der Waals surface area contributed by atoms with Crippen LogP contribution in [0.25, 0.3) is 0 Å². The molecule has 0 aliphatic rings. The molecule has 0 aliphatic carbocycles. The van der Waals surface area contributed by atoms with E-state index in [-0.39, 0.29) is 11.7 Å². The van der Waals surface area contributed by atoms with E-state index >= 15 is 0 Å². The van der Waals surface area contributed by atoms with Gasteiger partial charge in [-0.1, -0.05) is 6.07 Å². The average molecular weight is 274 g/mol. The first-order valence-corrected chi connectivity index (χ1v) is 6.54. The molecule has 0 spiro atoms. The number of aromatic hydroxyl groups is 1. The number of anilines is 1. The molecule has 106 valence electrons. The summed E-state index contributed by atoms with van der Waals surface area (Å²) in [6, 6.07) is 5.04. The summed E-state index contributed by atoms with van der Waals surface area (Å²) in [5.41, 5.74) is 1.70. The van der Waals surface area contributed by atoms with Crippen LogP contribution >= 0.6 is 0 Å². The van der Waals surface area contributed by atoms with E-state index in [0.717, 1.165) is 11.3 Å². The fraction of sp³-hybridized carbons (Fsp3) is 0.357. The van der Waals surface area contributed by atoms with Crippen molar-refractivity contribution in [3.8, 4) is 5.75 Å². The largest absolute Gasteiger partial charge is 0.508 e. The summed E-state index contributed by atoms with van der Waals surface area (Å²) in [5, 5.41) is 13.6. The quantitative estimate of drug-likeness (QED) is 0.901.